The number of amides is 1. The van der Waals surface area contributed by atoms with Crippen molar-refractivity contribution < 1.29 is 24.5 Å². The minimum absolute atomic E-state index is 0.0302. The van der Waals surface area contributed by atoms with Crippen LogP contribution in [0, 0.1) is 0 Å². The first-order valence-electron chi connectivity index (χ1n) is 22.8. The number of unbranched alkanes of at least 4 members (excludes halogenated alkanes) is 26. The van der Waals surface area contributed by atoms with Gasteiger partial charge in [-0.05, 0) is 64.2 Å². The smallest absolute Gasteiger partial charge is 0.305 e. The highest BCUT2D eigenvalue weighted by molar-refractivity contribution is 5.76. The van der Waals surface area contributed by atoms with Gasteiger partial charge in [-0.2, -0.15) is 0 Å². The Hall–Kier alpha value is -1.92. The van der Waals surface area contributed by atoms with Crippen molar-refractivity contribution >= 4 is 11.9 Å². The number of esters is 1. The first-order chi connectivity index (χ1) is 26.0. The molecule has 0 saturated heterocycles. The largest absolute Gasteiger partial charge is 0.466 e. The summed E-state index contributed by atoms with van der Waals surface area (Å²) >= 11 is 0. The molecule has 6 heteroatoms. The van der Waals surface area contributed by atoms with E-state index in [1.165, 1.54) is 135 Å². The van der Waals surface area contributed by atoms with E-state index in [0.717, 1.165) is 64.2 Å². The summed E-state index contributed by atoms with van der Waals surface area (Å²) < 4.78 is 5.44. The van der Waals surface area contributed by atoms with Crippen LogP contribution in [0.4, 0.5) is 0 Å². The van der Waals surface area contributed by atoms with Crippen LogP contribution in [0.3, 0.4) is 0 Å². The van der Waals surface area contributed by atoms with Crippen LogP contribution in [-0.2, 0) is 14.3 Å². The summed E-state index contributed by atoms with van der Waals surface area (Å²) in [6, 6.07) is -0.643. The second-order valence-electron chi connectivity index (χ2n) is 15.4. The number of hydrogen-bond donors (Lipinski definition) is 3. The fourth-order valence-electron chi connectivity index (χ4n) is 6.60. The minimum Gasteiger partial charge on any atom is -0.466 e. The molecule has 6 nitrogen and oxygen atoms in total. The van der Waals surface area contributed by atoms with Gasteiger partial charge in [-0.25, -0.2) is 0 Å². The molecular formula is C47H87NO5. The third-order valence-corrected chi connectivity index (χ3v) is 10.2. The highest BCUT2D eigenvalue weighted by atomic mass is 16.5. The molecule has 0 radical (unpaired) electrons. The lowest BCUT2D eigenvalue weighted by Gasteiger charge is -2.20. The zero-order chi connectivity index (χ0) is 38.7. The number of hydrogen-bond acceptors (Lipinski definition) is 5. The van der Waals surface area contributed by atoms with Gasteiger partial charge in [0.2, 0.25) is 5.91 Å². The molecule has 0 aromatic rings. The molecule has 310 valence electrons. The second-order valence-corrected chi connectivity index (χ2v) is 15.4. The van der Waals surface area contributed by atoms with Crippen LogP contribution in [0.1, 0.15) is 226 Å². The van der Waals surface area contributed by atoms with Gasteiger partial charge in [-0.3, -0.25) is 9.59 Å². The summed E-state index contributed by atoms with van der Waals surface area (Å²) in [5.41, 5.74) is 0. The van der Waals surface area contributed by atoms with Gasteiger partial charge in [0.25, 0.3) is 0 Å². The van der Waals surface area contributed by atoms with E-state index in [2.05, 4.69) is 43.5 Å². The van der Waals surface area contributed by atoms with E-state index in [-0.39, 0.29) is 18.5 Å². The highest BCUT2D eigenvalue weighted by Crippen LogP contribution is 2.14. The van der Waals surface area contributed by atoms with Crippen LogP contribution in [-0.4, -0.2) is 47.4 Å². The summed E-state index contributed by atoms with van der Waals surface area (Å²) in [4.78, 5) is 24.4. The molecule has 3 N–H and O–H groups in total. The van der Waals surface area contributed by atoms with Crippen LogP contribution in [0.25, 0.3) is 0 Å². The molecule has 2 atom stereocenters. The summed E-state index contributed by atoms with van der Waals surface area (Å²) in [7, 11) is 0. The van der Waals surface area contributed by atoms with Crippen molar-refractivity contribution in [3.63, 3.8) is 0 Å². The molecule has 0 aromatic heterocycles. The predicted molar refractivity (Wildman–Crippen MR) is 227 cm³/mol. The van der Waals surface area contributed by atoms with Gasteiger partial charge in [0.05, 0.1) is 25.4 Å². The Bertz CT molecular complexity index is 869. The molecule has 0 spiro atoms. The first-order valence-corrected chi connectivity index (χ1v) is 22.8. The lowest BCUT2D eigenvalue weighted by Crippen LogP contribution is -2.45. The molecule has 0 saturated carbocycles. The number of aliphatic hydroxyl groups is 2. The lowest BCUT2D eigenvalue weighted by atomic mass is 10.1. The molecule has 53 heavy (non-hydrogen) atoms. The van der Waals surface area contributed by atoms with Crippen molar-refractivity contribution in [1.29, 1.82) is 0 Å². The SMILES string of the molecule is CCCCC/C=C\C/C=C\CCCCCCCCCC(=O)OCCCCCCCCCCCCC(=O)NC(CO)C(O)/C=C/CCCCCCCCC. The number of carbonyl (C=O) groups is 2. The molecule has 0 aliphatic heterocycles. The molecular weight excluding hydrogens is 659 g/mol. The average molecular weight is 746 g/mol. The monoisotopic (exact) mass is 746 g/mol. The van der Waals surface area contributed by atoms with Crippen LogP contribution < -0.4 is 5.32 Å². The van der Waals surface area contributed by atoms with Crippen LogP contribution in [0.5, 0.6) is 0 Å². The summed E-state index contributed by atoms with van der Waals surface area (Å²) in [6.07, 6.45) is 49.9. The number of carbonyl (C=O) groups excluding carboxylic acids is 2. The van der Waals surface area contributed by atoms with Crippen molar-refractivity contribution in [3.05, 3.63) is 36.5 Å². The van der Waals surface area contributed by atoms with Gasteiger partial charge in [0, 0.05) is 12.8 Å². The molecule has 1 amide bonds. The average Bonchev–Trinajstić information content (AvgIpc) is 3.16. The zero-order valence-corrected chi connectivity index (χ0v) is 35.0. The van der Waals surface area contributed by atoms with Gasteiger partial charge < -0.3 is 20.3 Å². The predicted octanol–water partition coefficient (Wildman–Crippen LogP) is 12.9. The molecule has 0 aromatic carbocycles. The second kappa shape index (κ2) is 42.8. The Kier molecular flexibility index (Phi) is 41.3. The maximum absolute atomic E-state index is 12.3. The molecule has 0 bridgehead atoms. The van der Waals surface area contributed by atoms with Crippen molar-refractivity contribution in [2.24, 2.45) is 0 Å². The van der Waals surface area contributed by atoms with Crippen LogP contribution >= 0.6 is 0 Å². The summed E-state index contributed by atoms with van der Waals surface area (Å²) in [5, 5.41) is 22.8. The van der Waals surface area contributed by atoms with Gasteiger partial charge in [0.1, 0.15) is 0 Å². The minimum atomic E-state index is -0.857. The van der Waals surface area contributed by atoms with Gasteiger partial charge in [0.15, 0.2) is 0 Å². The van der Waals surface area contributed by atoms with E-state index >= 15 is 0 Å². The quantitative estimate of drug-likeness (QED) is 0.0329. The van der Waals surface area contributed by atoms with E-state index in [4.69, 9.17) is 4.74 Å². The normalized spacial score (nSPS) is 13.1. The number of nitrogens with one attached hydrogen (secondary N) is 1. The summed E-state index contributed by atoms with van der Waals surface area (Å²) in [6.45, 7) is 4.77. The van der Waals surface area contributed by atoms with E-state index in [1.807, 2.05) is 6.08 Å². The first kappa shape index (κ1) is 51.1. The molecule has 0 aliphatic rings. The maximum Gasteiger partial charge on any atom is 0.305 e. The third-order valence-electron chi connectivity index (χ3n) is 10.2. The molecule has 0 heterocycles. The van der Waals surface area contributed by atoms with E-state index < -0.39 is 12.1 Å². The van der Waals surface area contributed by atoms with E-state index in [1.54, 1.807) is 6.08 Å². The van der Waals surface area contributed by atoms with Crippen LogP contribution in [0.15, 0.2) is 36.5 Å². The Morgan fingerprint density at radius 2 is 0.943 bits per heavy atom. The topological polar surface area (TPSA) is 95.9 Å². The van der Waals surface area contributed by atoms with Gasteiger partial charge in [-0.15, -0.1) is 0 Å². The molecule has 0 aliphatic carbocycles. The fraction of sp³-hybridized carbons (Fsp3) is 0.830. The molecule has 2 unspecified atom stereocenters. The zero-order valence-electron chi connectivity index (χ0n) is 35.0. The lowest BCUT2D eigenvalue weighted by molar-refractivity contribution is -0.143. The highest BCUT2D eigenvalue weighted by Gasteiger charge is 2.18. The maximum atomic E-state index is 12.3. The number of rotatable bonds is 41. The van der Waals surface area contributed by atoms with E-state index in [0.29, 0.717) is 19.4 Å². The van der Waals surface area contributed by atoms with Gasteiger partial charge in [-0.1, -0.05) is 185 Å². The molecule has 0 rings (SSSR count). The van der Waals surface area contributed by atoms with E-state index in [9.17, 15) is 19.8 Å². The fourth-order valence-corrected chi connectivity index (χ4v) is 6.60. The number of allylic oxidation sites excluding steroid dienone is 5. The van der Waals surface area contributed by atoms with Crippen LogP contribution in [0.2, 0.25) is 0 Å². The van der Waals surface area contributed by atoms with Crippen molar-refractivity contribution in [3.8, 4) is 0 Å². The molecule has 0 fully saturated rings. The Morgan fingerprint density at radius 1 is 0.528 bits per heavy atom. The van der Waals surface area contributed by atoms with Crippen molar-refractivity contribution in [2.75, 3.05) is 13.2 Å². The van der Waals surface area contributed by atoms with Crippen molar-refractivity contribution in [1.82, 2.24) is 5.32 Å². The van der Waals surface area contributed by atoms with Gasteiger partial charge >= 0.3 is 5.97 Å². The van der Waals surface area contributed by atoms with Crippen molar-refractivity contribution in [2.45, 2.75) is 238 Å². The Labute approximate surface area is 328 Å². The number of ether oxygens (including phenoxy) is 1. The summed E-state index contributed by atoms with van der Waals surface area (Å²) in [5.74, 6) is -0.126. The standard InChI is InChI=1S/C47H87NO5/c1-3-5-7-9-11-13-14-15-16-17-18-19-20-25-29-33-37-41-47(52)53-42-38-34-30-26-22-21-24-28-32-36-40-46(51)48-44(43-49)45(50)39-35-31-27-23-12-10-8-6-4-2/h11,13,15-16,35,39,44-45,49-50H,3-10,12,14,17-34,36-38,40-43H2,1-2H3,(H,48,51)/b13-11-,16-15-,39-35+. The Morgan fingerprint density at radius 3 is 1.47 bits per heavy atom. The number of aliphatic hydroxyl groups excluding tert-OH is 2. The third kappa shape index (κ3) is 39.6. The Balaban J connectivity index is 3.50.